The summed E-state index contributed by atoms with van der Waals surface area (Å²) < 4.78 is 81.0. The van der Waals surface area contributed by atoms with Gasteiger partial charge in [-0.3, -0.25) is 4.90 Å². The van der Waals surface area contributed by atoms with Crippen LogP contribution in [0.5, 0.6) is 0 Å². The predicted molar refractivity (Wildman–Crippen MR) is 86.4 cm³/mol. The lowest BCUT2D eigenvalue weighted by molar-refractivity contribution is -0.146. The fraction of sp³-hybridized carbons (Fsp3) is 0.471. The number of benzene rings is 1. The van der Waals surface area contributed by atoms with Gasteiger partial charge in [0.2, 0.25) is 0 Å². The Hall–Kier alpha value is -2.23. The minimum atomic E-state index is -4.42. The highest BCUT2D eigenvalue weighted by Gasteiger charge is 2.33. The van der Waals surface area contributed by atoms with Crippen LogP contribution in [0.1, 0.15) is 11.3 Å². The molecule has 1 aromatic heterocycles. The van der Waals surface area contributed by atoms with Gasteiger partial charge < -0.3 is 9.32 Å². The maximum absolute atomic E-state index is 12.7. The quantitative estimate of drug-likeness (QED) is 0.726. The third-order valence-corrected chi connectivity index (χ3v) is 4.31. The monoisotopic (exact) mass is 393 g/mol. The van der Waals surface area contributed by atoms with Crippen molar-refractivity contribution in [3.05, 3.63) is 35.5 Å². The predicted octanol–water partition coefficient (Wildman–Crippen LogP) is 4.35. The van der Waals surface area contributed by atoms with Gasteiger partial charge in [0.25, 0.3) is 6.01 Å². The Kier molecular flexibility index (Phi) is 5.11. The van der Waals surface area contributed by atoms with Crippen molar-refractivity contribution >= 4 is 6.01 Å². The summed E-state index contributed by atoms with van der Waals surface area (Å²) in [4.78, 5) is 7.32. The molecule has 0 N–H and O–H groups in total. The molecular weight excluding hydrogens is 376 g/mol. The molecule has 0 amide bonds. The molecular formula is C17H17F6N3O. The number of aromatic nitrogens is 1. The summed E-state index contributed by atoms with van der Waals surface area (Å²) in [7, 11) is 0. The van der Waals surface area contributed by atoms with Crippen LogP contribution in [0.15, 0.2) is 28.7 Å². The number of anilines is 1. The number of piperazine rings is 1. The molecule has 1 aliphatic heterocycles. The Bertz CT molecular complexity index is 773. The Labute approximate surface area is 151 Å². The minimum absolute atomic E-state index is 0.219. The van der Waals surface area contributed by atoms with E-state index in [0.717, 1.165) is 12.1 Å². The van der Waals surface area contributed by atoms with Crippen molar-refractivity contribution in [1.29, 1.82) is 0 Å². The molecule has 0 unspecified atom stereocenters. The summed E-state index contributed by atoms with van der Waals surface area (Å²) in [6.07, 6.45) is -8.66. The molecule has 1 aliphatic rings. The lowest BCUT2D eigenvalue weighted by atomic mass is 10.1. The van der Waals surface area contributed by atoms with E-state index in [2.05, 4.69) is 4.98 Å². The molecule has 0 bridgehead atoms. The second-order valence-corrected chi connectivity index (χ2v) is 6.36. The molecule has 2 aromatic rings. The molecule has 10 heteroatoms. The lowest BCUT2D eigenvalue weighted by Crippen LogP contribution is -2.49. The van der Waals surface area contributed by atoms with Crippen molar-refractivity contribution in [2.24, 2.45) is 0 Å². The van der Waals surface area contributed by atoms with Crippen molar-refractivity contribution in [2.45, 2.75) is 19.3 Å². The second-order valence-electron chi connectivity index (χ2n) is 6.36. The molecule has 1 fully saturated rings. The van der Waals surface area contributed by atoms with E-state index in [-0.39, 0.29) is 19.1 Å². The molecule has 0 radical (unpaired) electrons. The van der Waals surface area contributed by atoms with E-state index in [1.54, 1.807) is 11.8 Å². The van der Waals surface area contributed by atoms with Gasteiger partial charge >= 0.3 is 12.4 Å². The molecule has 4 nitrogen and oxygen atoms in total. The first-order valence-electron chi connectivity index (χ1n) is 8.22. The zero-order valence-corrected chi connectivity index (χ0v) is 14.4. The van der Waals surface area contributed by atoms with E-state index < -0.39 is 24.5 Å². The Balaban J connectivity index is 1.70. The summed E-state index contributed by atoms with van der Waals surface area (Å²) in [5, 5.41) is 0. The van der Waals surface area contributed by atoms with E-state index in [0.29, 0.717) is 30.1 Å². The Morgan fingerprint density at radius 1 is 0.963 bits per heavy atom. The number of nitrogens with zero attached hydrogens (tertiary/aromatic N) is 3. The molecule has 2 heterocycles. The Morgan fingerprint density at radius 2 is 1.56 bits per heavy atom. The van der Waals surface area contributed by atoms with Crippen LogP contribution < -0.4 is 4.90 Å². The SMILES string of the molecule is Cc1nc(N2CCN(CC(F)(F)F)CC2)oc1-c1ccc(C(F)(F)F)cc1. The van der Waals surface area contributed by atoms with Gasteiger partial charge in [-0.05, 0) is 19.1 Å². The summed E-state index contributed by atoms with van der Waals surface area (Å²) in [6, 6.07) is 4.80. The summed E-state index contributed by atoms with van der Waals surface area (Å²) in [5.41, 5.74) is 0.196. The fourth-order valence-corrected chi connectivity index (χ4v) is 2.95. The maximum Gasteiger partial charge on any atom is 0.416 e. The lowest BCUT2D eigenvalue weighted by Gasteiger charge is -2.34. The number of alkyl halides is 6. The van der Waals surface area contributed by atoms with Gasteiger partial charge in [-0.25, -0.2) is 0 Å². The zero-order valence-electron chi connectivity index (χ0n) is 14.4. The number of oxazole rings is 1. The molecule has 1 saturated heterocycles. The van der Waals surface area contributed by atoms with E-state index in [1.807, 2.05) is 0 Å². The standard InChI is InChI=1S/C17H17F6N3O/c1-11-14(12-2-4-13(5-3-12)17(21,22)23)27-15(24-11)26-8-6-25(7-9-26)10-16(18,19)20/h2-5H,6-10H2,1H3. The largest absolute Gasteiger partial charge is 0.423 e. The number of halogens is 6. The molecule has 0 aliphatic carbocycles. The van der Waals surface area contributed by atoms with E-state index in [9.17, 15) is 26.3 Å². The van der Waals surface area contributed by atoms with Gasteiger partial charge in [0.15, 0.2) is 5.76 Å². The molecule has 148 valence electrons. The summed E-state index contributed by atoms with van der Waals surface area (Å²) in [5.74, 6) is 0.344. The van der Waals surface area contributed by atoms with Crippen LogP contribution in [0.25, 0.3) is 11.3 Å². The van der Waals surface area contributed by atoms with E-state index in [1.165, 1.54) is 17.0 Å². The highest BCUT2D eigenvalue weighted by Crippen LogP contribution is 2.33. The topological polar surface area (TPSA) is 32.5 Å². The van der Waals surface area contributed by atoms with Crippen molar-refractivity contribution < 1.29 is 30.8 Å². The van der Waals surface area contributed by atoms with Crippen LogP contribution in [0.3, 0.4) is 0 Å². The fourth-order valence-electron chi connectivity index (χ4n) is 2.95. The minimum Gasteiger partial charge on any atom is -0.423 e. The normalized spacial score (nSPS) is 16.8. The molecule has 0 atom stereocenters. The molecule has 1 aromatic carbocycles. The van der Waals surface area contributed by atoms with Crippen LogP contribution in [-0.4, -0.2) is 48.8 Å². The first kappa shape index (κ1) is 19.5. The van der Waals surface area contributed by atoms with Gasteiger partial charge in [-0.15, -0.1) is 0 Å². The van der Waals surface area contributed by atoms with Gasteiger partial charge in [-0.1, -0.05) is 12.1 Å². The van der Waals surface area contributed by atoms with Gasteiger partial charge in [-0.2, -0.15) is 31.3 Å². The van der Waals surface area contributed by atoms with E-state index >= 15 is 0 Å². The molecule has 27 heavy (non-hydrogen) atoms. The van der Waals surface area contributed by atoms with Crippen molar-refractivity contribution in [2.75, 3.05) is 37.6 Å². The Morgan fingerprint density at radius 3 is 2.07 bits per heavy atom. The van der Waals surface area contributed by atoms with Gasteiger partial charge in [0, 0.05) is 31.7 Å². The molecule has 3 rings (SSSR count). The van der Waals surface area contributed by atoms with Gasteiger partial charge in [0.1, 0.15) is 0 Å². The first-order valence-corrected chi connectivity index (χ1v) is 8.22. The maximum atomic E-state index is 12.7. The third kappa shape index (κ3) is 4.74. The summed E-state index contributed by atoms with van der Waals surface area (Å²) in [6.45, 7) is 1.79. The van der Waals surface area contributed by atoms with Gasteiger partial charge in [0.05, 0.1) is 17.8 Å². The smallest absolute Gasteiger partial charge is 0.416 e. The molecule has 0 saturated carbocycles. The summed E-state index contributed by atoms with van der Waals surface area (Å²) >= 11 is 0. The van der Waals surface area contributed by atoms with Crippen molar-refractivity contribution in [1.82, 2.24) is 9.88 Å². The average Bonchev–Trinajstić information content (AvgIpc) is 2.95. The highest BCUT2D eigenvalue weighted by molar-refractivity contribution is 5.61. The van der Waals surface area contributed by atoms with Crippen LogP contribution in [0.4, 0.5) is 32.4 Å². The number of hydrogen-bond acceptors (Lipinski definition) is 4. The van der Waals surface area contributed by atoms with Crippen LogP contribution in [0.2, 0.25) is 0 Å². The third-order valence-electron chi connectivity index (χ3n) is 4.31. The average molecular weight is 393 g/mol. The number of hydrogen-bond donors (Lipinski definition) is 0. The van der Waals surface area contributed by atoms with Crippen LogP contribution in [0, 0.1) is 6.92 Å². The second kappa shape index (κ2) is 7.06. The van der Waals surface area contributed by atoms with Crippen LogP contribution in [-0.2, 0) is 6.18 Å². The van der Waals surface area contributed by atoms with E-state index in [4.69, 9.17) is 4.42 Å². The highest BCUT2D eigenvalue weighted by atomic mass is 19.4. The first-order chi connectivity index (χ1) is 12.5. The zero-order chi connectivity index (χ0) is 19.8. The van der Waals surface area contributed by atoms with Crippen LogP contribution >= 0.6 is 0 Å². The number of aryl methyl sites for hydroxylation is 1. The molecule has 0 spiro atoms. The van der Waals surface area contributed by atoms with Crippen molar-refractivity contribution in [3.8, 4) is 11.3 Å². The van der Waals surface area contributed by atoms with Crippen molar-refractivity contribution in [3.63, 3.8) is 0 Å². The number of rotatable bonds is 3.